The third kappa shape index (κ3) is 8.62. The largest absolute Gasteiger partial charge is 0.691 e. The van der Waals surface area contributed by atoms with Gasteiger partial charge < -0.3 is 10.6 Å². The van der Waals surface area contributed by atoms with Crippen molar-refractivity contribution in [1.29, 1.82) is 0 Å². The molecule has 0 aromatic heterocycles. The van der Waals surface area contributed by atoms with Crippen LogP contribution in [0.25, 0.3) is 0 Å². The number of nitrogens with one attached hydrogen (secondary N) is 1. The first-order valence-electron chi connectivity index (χ1n) is 5.85. The summed E-state index contributed by atoms with van der Waals surface area (Å²) in [6.07, 6.45) is 5.98. The van der Waals surface area contributed by atoms with Crippen LogP contribution in [0.3, 0.4) is 0 Å². The molecule has 5 nitrogen and oxygen atoms in total. The molecule has 0 saturated heterocycles. The van der Waals surface area contributed by atoms with Gasteiger partial charge in [-0.2, -0.15) is 13.1 Å². The zero-order valence-electron chi connectivity index (χ0n) is 10.2. The minimum Gasteiger partial charge on any atom is -0.691 e. The standard InChI is InChI=1S/C10H19F2NO4S/c1-2-3-4-5-6-7-8-13-9(14)10(11,12)18-17-16-15/h15H,2-8H2,1H3,(H,13,14)/p-1. The number of carbonyl (C=O) groups is 1. The van der Waals surface area contributed by atoms with Gasteiger partial charge in [0.05, 0.1) is 0 Å². The quantitative estimate of drug-likeness (QED) is 0.272. The summed E-state index contributed by atoms with van der Waals surface area (Å²) in [5.41, 5.74) is 0. The van der Waals surface area contributed by atoms with Crippen LogP contribution in [-0.4, -0.2) is 17.7 Å². The van der Waals surface area contributed by atoms with E-state index in [1.54, 1.807) is 0 Å². The lowest BCUT2D eigenvalue weighted by Crippen LogP contribution is -2.38. The van der Waals surface area contributed by atoms with Crippen LogP contribution in [0.2, 0.25) is 0 Å². The number of hydrogen-bond donors (Lipinski definition) is 1. The maximum absolute atomic E-state index is 12.9. The molecular formula is C10H18F2NO4S-. The summed E-state index contributed by atoms with van der Waals surface area (Å²) in [4.78, 5) is 11.0. The van der Waals surface area contributed by atoms with Crippen LogP contribution in [0, 0.1) is 0 Å². The van der Waals surface area contributed by atoms with E-state index in [2.05, 4.69) is 21.6 Å². The Labute approximate surface area is 109 Å². The molecule has 0 radical (unpaired) electrons. The Morgan fingerprint density at radius 1 is 1.28 bits per heavy atom. The Balaban J connectivity index is 3.57. The van der Waals surface area contributed by atoms with Crippen molar-refractivity contribution in [2.75, 3.05) is 6.54 Å². The number of rotatable bonds is 11. The molecule has 0 aromatic rings. The molecule has 1 N–H and O–H groups in total. The minimum absolute atomic E-state index is 0.180. The lowest BCUT2D eigenvalue weighted by molar-refractivity contribution is -0.777. The van der Waals surface area contributed by atoms with Crippen LogP contribution in [0.15, 0.2) is 0 Å². The fourth-order valence-corrected chi connectivity index (χ4v) is 1.57. The topological polar surface area (TPSA) is 70.6 Å². The van der Waals surface area contributed by atoms with E-state index in [4.69, 9.17) is 0 Å². The number of alkyl halides is 2. The highest BCUT2D eigenvalue weighted by atomic mass is 32.2. The Morgan fingerprint density at radius 2 is 1.89 bits per heavy atom. The molecule has 0 heterocycles. The monoisotopic (exact) mass is 286 g/mol. The molecule has 0 rings (SSSR count). The highest BCUT2D eigenvalue weighted by molar-refractivity contribution is 7.96. The maximum atomic E-state index is 12.9. The molecule has 0 fully saturated rings. The van der Waals surface area contributed by atoms with Gasteiger partial charge in [0.1, 0.15) is 12.0 Å². The fraction of sp³-hybridized carbons (Fsp3) is 0.900. The van der Waals surface area contributed by atoms with Gasteiger partial charge in [-0.05, 0) is 6.42 Å². The first kappa shape index (κ1) is 17.6. The lowest BCUT2D eigenvalue weighted by Gasteiger charge is -2.14. The average Bonchev–Trinajstić information content (AvgIpc) is 2.35. The van der Waals surface area contributed by atoms with Crippen LogP contribution >= 0.6 is 12.0 Å². The predicted octanol–water partition coefficient (Wildman–Crippen LogP) is 1.93. The molecular weight excluding hydrogens is 268 g/mol. The van der Waals surface area contributed by atoms with E-state index in [-0.39, 0.29) is 6.54 Å². The molecule has 0 aliphatic rings. The van der Waals surface area contributed by atoms with Gasteiger partial charge in [-0.3, -0.25) is 9.83 Å². The number of hydrogen-bond acceptors (Lipinski definition) is 5. The number of carbonyl (C=O) groups excluding carboxylic acids is 1. The molecule has 0 saturated carbocycles. The SMILES string of the molecule is CCCCCCCCNC(=O)C(F)(F)SOO[O-]. The van der Waals surface area contributed by atoms with Gasteiger partial charge in [0, 0.05) is 6.54 Å². The van der Waals surface area contributed by atoms with Gasteiger partial charge >= 0.3 is 11.2 Å². The zero-order chi connectivity index (χ0) is 13.9. The molecule has 0 aromatic carbocycles. The maximum Gasteiger partial charge on any atom is 0.397 e. The van der Waals surface area contributed by atoms with Crippen molar-refractivity contribution in [3.8, 4) is 0 Å². The van der Waals surface area contributed by atoms with Crippen molar-refractivity contribution in [1.82, 2.24) is 5.32 Å². The highest BCUT2D eigenvalue weighted by Crippen LogP contribution is 2.29. The third-order valence-electron chi connectivity index (χ3n) is 2.25. The van der Waals surface area contributed by atoms with Crippen LogP contribution < -0.4 is 10.6 Å². The highest BCUT2D eigenvalue weighted by Gasteiger charge is 2.41. The van der Waals surface area contributed by atoms with E-state index in [1.807, 2.05) is 0 Å². The Bertz CT molecular complexity index is 232. The van der Waals surface area contributed by atoms with E-state index >= 15 is 0 Å². The van der Waals surface area contributed by atoms with Gasteiger partial charge in [-0.25, -0.2) is 0 Å². The van der Waals surface area contributed by atoms with Crippen molar-refractivity contribution in [2.45, 2.75) is 50.7 Å². The second-order valence-electron chi connectivity index (χ2n) is 3.76. The molecule has 8 heteroatoms. The first-order valence-corrected chi connectivity index (χ1v) is 6.59. The van der Waals surface area contributed by atoms with Gasteiger partial charge in [0.15, 0.2) is 0 Å². The minimum atomic E-state index is -3.83. The summed E-state index contributed by atoms with van der Waals surface area (Å²) in [7, 11) is 0. The molecule has 0 aliphatic carbocycles. The predicted molar refractivity (Wildman–Crippen MR) is 61.1 cm³/mol. The van der Waals surface area contributed by atoms with E-state index in [1.165, 1.54) is 0 Å². The first-order chi connectivity index (χ1) is 8.54. The fourth-order valence-electron chi connectivity index (χ4n) is 1.30. The lowest BCUT2D eigenvalue weighted by atomic mass is 10.1. The van der Waals surface area contributed by atoms with Crippen molar-refractivity contribution in [2.24, 2.45) is 0 Å². The Hall–Kier alpha value is -0.440. The summed E-state index contributed by atoms with van der Waals surface area (Å²) in [5.74, 6) is -1.49. The van der Waals surface area contributed by atoms with Crippen molar-refractivity contribution >= 4 is 17.9 Å². The van der Waals surface area contributed by atoms with Crippen molar-refractivity contribution in [3.05, 3.63) is 0 Å². The summed E-state index contributed by atoms with van der Waals surface area (Å²) >= 11 is -0.618. The normalized spacial score (nSPS) is 11.6. The smallest absolute Gasteiger partial charge is 0.397 e. The second-order valence-corrected chi connectivity index (χ2v) is 4.58. The van der Waals surface area contributed by atoms with E-state index in [0.29, 0.717) is 6.42 Å². The van der Waals surface area contributed by atoms with E-state index < -0.39 is 23.2 Å². The Kier molecular flexibility index (Phi) is 10.2. The zero-order valence-corrected chi connectivity index (χ0v) is 11.1. The number of unbranched alkanes of at least 4 members (excludes halogenated alkanes) is 5. The van der Waals surface area contributed by atoms with E-state index in [0.717, 1.165) is 32.1 Å². The van der Waals surface area contributed by atoms with Crippen LogP contribution in [0.4, 0.5) is 8.78 Å². The molecule has 108 valence electrons. The van der Waals surface area contributed by atoms with Gasteiger partial charge in [0.2, 0.25) is 0 Å². The molecule has 0 spiro atoms. The van der Waals surface area contributed by atoms with Crippen LogP contribution in [-0.2, 0) is 14.2 Å². The van der Waals surface area contributed by atoms with Gasteiger partial charge in [-0.1, -0.05) is 39.0 Å². The van der Waals surface area contributed by atoms with Crippen LogP contribution in [0.1, 0.15) is 45.4 Å². The summed E-state index contributed by atoms with van der Waals surface area (Å²) < 4.78 is 29.2. The molecule has 0 atom stereocenters. The summed E-state index contributed by atoms with van der Waals surface area (Å²) in [6.45, 7) is 2.28. The van der Waals surface area contributed by atoms with Crippen molar-refractivity contribution in [3.63, 3.8) is 0 Å². The second kappa shape index (κ2) is 10.5. The number of halogens is 2. The third-order valence-corrected chi connectivity index (χ3v) is 2.77. The Morgan fingerprint density at radius 3 is 2.50 bits per heavy atom. The molecule has 0 aliphatic heterocycles. The van der Waals surface area contributed by atoms with Gasteiger partial charge in [0.25, 0.3) is 0 Å². The van der Waals surface area contributed by atoms with E-state index in [9.17, 15) is 18.8 Å². The van der Waals surface area contributed by atoms with Gasteiger partial charge in [-0.15, -0.1) is 0 Å². The number of amides is 1. The molecule has 0 unspecified atom stereocenters. The molecule has 0 bridgehead atoms. The molecule has 1 amide bonds. The van der Waals surface area contributed by atoms with Crippen LogP contribution in [0.5, 0.6) is 0 Å². The summed E-state index contributed by atoms with van der Waals surface area (Å²) in [5, 5.41) is 10.4. The average molecular weight is 286 g/mol. The van der Waals surface area contributed by atoms with Crippen molar-refractivity contribution < 1.29 is 28.2 Å². The summed E-state index contributed by atoms with van der Waals surface area (Å²) in [6, 6.07) is 0. The molecule has 18 heavy (non-hydrogen) atoms.